The van der Waals surface area contributed by atoms with Gasteiger partial charge in [-0.3, -0.25) is 7.62 Å². The van der Waals surface area contributed by atoms with Crippen molar-refractivity contribution in [2.75, 3.05) is 0 Å². The van der Waals surface area contributed by atoms with Gasteiger partial charge in [-0.25, -0.2) is 0 Å². The van der Waals surface area contributed by atoms with E-state index in [-0.39, 0.29) is 18.6 Å². The molecule has 0 aliphatic rings. The van der Waals surface area contributed by atoms with E-state index in [1.807, 2.05) is 0 Å². The summed E-state index contributed by atoms with van der Waals surface area (Å²) in [5, 5.41) is -0.607. The van der Waals surface area contributed by atoms with Gasteiger partial charge in [0.2, 0.25) is 0 Å². The van der Waals surface area contributed by atoms with Gasteiger partial charge in [0.05, 0.1) is 18.6 Å². The molecule has 0 atom stereocenters. The Morgan fingerprint density at radius 1 is 1.20 bits per heavy atom. The summed E-state index contributed by atoms with van der Waals surface area (Å²) in [7, 11) is -4.59. The maximum atomic E-state index is 11.0. The molecule has 0 aromatic heterocycles. The second-order valence-corrected chi connectivity index (χ2v) is 6.42. The minimum Gasteiger partial charge on any atom is -0.282 e. The fraction of sp³-hybridized carbons (Fsp3) is 0. The summed E-state index contributed by atoms with van der Waals surface area (Å²) < 4.78 is 41.5. The maximum Gasteiger partial charge on any atom is 0.297 e. The molecule has 1 aromatic carbocycles. The molecule has 9 heteroatoms. The second kappa shape index (κ2) is 4.80. The van der Waals surface area contributed by atoms with Crippen LogP contribution in [-0.4, -0.2) is 13.0 Å². The summed E-state index contributed by atoms with van der Waals surface area (Å²) in [6.45, 7) is 0. The van der Waals surface area contributed by atoms with E-state index in [4.69, 9.17) is 39.4 Å². The number of halogens is 4. The molecule has 0 spiro atoms. The zero-order valence-corrected chi connectivity index (χ0v) is 11.9. The molecule has 0 bridgehead atoms. The molecule has 1 rings (SSSR count). The standard InChI is InChI=1S/C6H2Cl3IO4S/c7-2-1-3(8)5(10-11)6(4(2)9)15(12,13)14/h1H,(H,12,13,14). The van der Waals surface area contributed by atoms with Crippen molar-refractivity contribution in [3.8, 4) is 0 Å². The molecule has 0 radical (unpaired) electrons. The minimum absolute atomic E-state index is 0.0974. The van der Waals surface area contributed by atoms with Crippen LogP contribution in [0.3, 0.4) is 0 Å². The molecule has 0 aliphatic heterocycles. The smallest absolute Gasteiger partial charge is 0.282 e. The zero-order valence-electron chi connectivity index (χ0n) is 6.67. The third kappa shape index (κ3) is 2.80. The molecule has 0 saturated heterocycles. The van der Waals surface area contributed by atoms with Crippen LogP contribution in [0.25, 0.3) is 0 Å². The molecule has 84 valence electrons. The van der Waals surface area contributed by atoms with Crippen molar-refractivity contribution in [2.24, 2.45) is 0 Å². The highest BCUT2D eigenvalue weighted by Gasteiger charge is 2.25. The molecule has 4 nitrogen and oxygen atoms in total. The Kier molecular flexibility index (Phi) is 4.35. The van der Waals surface area contributed by atoms with Crippen LogP contribution in [0, 0.1) is 3.57 Å². The first-order valence-corrected chi connectivity index (χ1v) is 7.74. The maximum absolute atomic E-state index is 11.0. The normalized spacial score (nSPS) is 11.7. The number of benzene rings is 1. The molecule has 15 heavy (non-hydrogen) atoms. The molecule has 0 saturated carbocycles. The lowest BCUT2D eigenvalue weighted by molar-refractivity contribution is 0.482. The van der Waals surface area contributed by atoms with Crippen molar-refractivity contribution >= 4 is 66.1 Å². The molecule has 1 aromatic rings. The van der Waals surface area contributed by atoms with Gasteiger partial charge in [0.25, 0.3) is 10.1 Å². The first-order chi connectivity index (χ1) is 6.79. The molecule has 0 unspecified atom stereocenters. The highest BCUT2D eigenvalue weighted by molar-refractivity contribution is 14.1. The Morgan fingerprint density at radius 2 is 1.73 bits per heavy atom. The summed E-state index contributed by atoms with van der Waals surface area (Å²) in [6, 6.07) is 1.17. The lowest BCUT2D eigenvalue weighted by atomic mass is 10.3. The van der Waals surface area contributed by atoms with Gasteiger partial charge in [-0.05, 0) is 6.07 Å². The zero-order chi connectivity index (χ0) is 11.8. The van der Waals surface area contributed by atoms with Crippen LogP contribution >= 0.6 is 56.0 Å². The largest absolute Gasteiger partial charge is 0.297 e. The third-order valence-corrected chi connectivity index (χ3v) is 5.77. The van der Waals surface area contributed by atoms with E-state index in [1.54, 1.807) is 0 Å². The molecule has 0 heterocycles. The summed E-state index contributed by atoms with van der Waals surface area (Å²) in [6.07, 6.45) is 0. The minimum atomic E-state index is -4.59. The van der Waals surface area contributed by atoms with E-state index in [1.165, 1.54) is 6.07 Å². The fourth-order valence-electron chi connectivity index (χ4n) is 0.850. The Balaban J connectivity index is 3.82. The number of rotatable bonds is 2. The van der Waals surface area contributed by atoms with Gasteiger partial charge in [-0.2, -0.15) is 8.42 Å². The SMILES string of the molecule is O=Ic1c(Cl)cc(Cl)c(Cl)c1S(=O)(=O)O. The first-order valence-electron chi connectivity index (χ1n) is 3.21. The van der Waals surface area contributed by atoms with Crippen LogP contribution in [0.1, 0.15) is 0 Å². The summed E-state index contributed by atoms with van der Waals surface area (Å²) in [4.78, 5) is -0.676. The average Bonchev–Trinajstić information content (AvgIpc) is 2.08. The molecule has 0 amide bonds. The Labute approximate surface area is 111 Å². The number of hydrogen-bond acceptors (Lipinski definition) is 3. The lowest BCUT2D eigenvalue weighted by Gasteiger charge is -2.06. The Bertz CT molecular complexity index is 528. The number of hydrogen-bond donors (Lipinski definition) is 1. The van der Waals surface area contributed by atoms with E-state index in [2.05, 4.69) is 0 Å². The van der Waals surface area contributed by atoms with Crippen molar-refractivity contribution < 1.29 is 16.0 Å². The molecular weight excluding hydrogens is 401 g/mol. The summed E-state index contributed by atoms with van der Waals surface area (Å²) in [5.74, 6) is 0. The highest BCUT2D eigenvalue weighted by Crippen LogP contribution is 2.38. The van der Waals surface area contributed by atoms with Crippen molar-refractivity contribution in [2.45, 2.75) is 4.90 Å². The van der Waals surface area contributed by atoms with E-state index in [9.17, 15) is 11.5 Å². The van der Waals surface area contributed by atoms with Gasteiger partial charge in [-0.15, -0.1) is 0 Å². The van der Waals surface area contributed by atoms with Crippen molar-refractivity contribution in [1.29, 1.82) is 0 Å². The van der Waals surface area contributed by atoms with Crippen molar-refractivity contribution in [3.05, 3.63) is 24.7 Å². The highest BCUT2D eigenvalue weighted by atomic mass is 127. The Hall–Kier alpha value is 0.530. The first kappa shape index (κ1) is 13.6. The molecular formula is C6H2Cl3IO4S. The molecule has 0 fully saturated rings. The van der Waals surface area contributed by atoms with Gasteiger partial charge < -0.3 is 0 Å². The van der Waals surface area contributed by atoms with Crippen LogP contribution in [0.5, 0.6) is 0 Å². The lowest BCUT2D eigenvalue weighted by Crippen LogP contribution is -2.03. The predicted molar refractivity (Wildman–Crippen MR) is 64.7 cm³/mol. The summed E-state index contributed by atoms with van der Waals surface area (Å²) >= 11 is 14.9. The van der Waals surface area contributed by atoms with Crippen LogP contribution in [-0.2, 0) is 13.2 Å². The van der Waals surface area contributed by atoms with Crippen molar-refractivity contribution in [3.63, 3.8) is 0 Å². The second-order valence-electron chi connectivity index (χ2n) is 2.35. The third-order valence-electron chi connectivity index (χ3n) is 1.41. The van der Waals surface area contributed by atoms with Gasteiger partial charge in [0, 0.05) is 0 Å². The Morgan fingerprint density at radius 3 is 2.13 bits per heavy atom. The summed E-state index contributed by atoms with van der Waals surface area (Å²) in [5.41, 5.74) is 0. The van der Waals surface area contributed by atoms with Crippen LogP contribution in [0.4, 0.5) is 0 Å². The van der Waals surface area contributed by atoms with Gasteiger partial charge in [0.15, 0.2) is 21.2 Å². The van der Waals surface area contributed by atoms with E-state index in [0.717, 1.165) is 0 Å². The van der Waals surface area contributed by atoms with E-state index >= 15 is 0 Å². The van der Waals surface area contributed by atoms with Crippen molar-refractivity contribution in [1.82, 2.24) is 0 Å². The van der Waals surface area contributed by atoms with Gasteiger partial charge >= 0.3 is 0 Å². The molecule has 0 aliphatic carbocycles. The average molecular weight is 403 g/mol. The monoisotopic (exact) mass is 402 g/mol. The topological polar surface area (TPSA) is 71.4 Å². The van der Waals surface area contributed by atoms with E-state index in [0.29, 0.717) is 0 Å². The molecule has 1 N–H and O–H groups in total. The van der Waals surface area contributed by atoms with Gasteiger partial charge in [-0.1, -0.05) is 34.8 Å². The fourth-order valence-corrected chi connectivity index (χ4v) is 4.78. The predicted octanol–water partition coefficient (Wildman–Crippen LogP) is 3.38. The van der Waals surface area contributed by atoms with Crippen LogP contribution in [0.2, 0.25) is 15.1 Å². The van der Waals surface area contributed by atoms with Crippen LogP contribution in [0.15, 0.2) is 11.0 Å². The van der Waals surface area contributed by atoms with Gasteiger partial charge in [0.1, 0.15) is 4.90 Å². The van der Waals surface area contributed by atoms with E-state index < -0.39 is 36.2 Å². The van der Waals surface area contributed by atoms with Crippen LogP contribution < -0.4 is 0 Å². The quantitative estimate of drug-likeness (QED) is 0.467.